The largest absolute Gasteiger partial charge is 0.309 e. The van der Waals surface area contributed by atoms with Gasteiger partial charge in [0.05, 0.1) is 0 Å². The molecule has 3 heteroatoms. The molecule has 1 aromatic carbocycles. The summed E-state index contributed by atoms with van der Waals surface area (Å²) in [5.74, 6) is 0.362. The summed E-state index contributed by atoms with van der Waals surface area (Å²) in [5.41, 5.74) is 1.08. The van der Waals surface area contributed by atoms with Crippen LogP contribution in [0.25, 0.3) is 6.08 Å². The van der Waals surface area contributed by atoms with E-state index in [9.17, 15) is 4.79 Å². The maximum absolute atomic E-state index is 12.2. The zero-order chi connectivity index (χ0) is 14.1. The molecule has 0 saturated heterocycles. The highest BCUT2D eigenvalue weighted by atomic mass is 35.5. The van der Waals surface area contributed by atoms with Crippen molar-refractivity contribution in [1.29, 1.82) is 0 Å². The van der Waals surface area contributed by atoms with Crippen LogP contribution in [0, 0.1) is 5.92 Å². The molecule has 0 aromatic heterocycles. The Hall–Kier alpha value is -1.12. The van der Waals surface area contributed by atoms with Crippen molar-refractivity contribution in [3.8, 4) is 0 Å². The number of unbranched alkanes of at least 4 members (excludes halogenated alkanes) is 1. The molecule has 1 atom stereocenters. The Bertz CT molecular complexity index is 401. The molecule has 0 aliphatic heterocycles. The highest BCUT2D eigenvalue weighted by Crippen LogP contribution is 2.13. The van der Waals surface area contributed by atoms with E-state index in [1.54, 1.807) is 6.08 Å². The van der Waals surface area contributed by atoms with Gasteiger partial charge < -0.3 is 4.90 Å². The van der Waals surface area contributed by atoms with E-state index < -0.39 is 0 Å². The molecule has 1 unspecified atom stereocenters. The van der Waals surface area contributed by atoms with Crippen LogP contribution in [0.1, 0.15) is 31.7 Å². The van der Waals surface area contributed by atoms with Gasteiger partial charge in [0.25, 0.3) is 0 Å². The number of ketones is 1. The molecular formula is C17H26ClNO. The fraction of sp³-hybridized carbons (Fsp3) is 0.471. The summed E-state index contributed by atoms with van der Waals surface area (Å²) in [5, 5.41) is 0. The third kappa shape index (κ3) is 7.46. The van der Waals surface area contributed by atoms with Gasteiger partial charge in [-0.3, -0.25) is 4.79 Å². The number of allylic oxidation sites excluding steroid dienone is 1. The second-order valence-corrected chi connectivity index (χ2v) is 5.25. The lowest BCUT2D eigenvalue weighted by Gasteiger charge is -2.18. The molecular weight excluding hydrogens is 270 g/mol. The van der Waals surface area contributed by atoms with Gasteiger partial charge in [0.15, 0.2) is 5.78 Å². The van der Waals surface area contributed by atoms with Gasteiger partial charge in [-0.25, -0.2) is 0 Å². The number of halogens is 1. The molecule has 0 spiro atoms. The molecule has 0 saturated carbocycles. The smallest absolute Gasteiger partial charge is 0.160 e. The molecule has 1 aromatic rings. The predicted molar refractivity (Wildman–Crippen MR) is 89.3 cm³/mol. The third-order valence-electron chi connectivity index (χ3n) is 3.13. The second-order valence-electron chi connectivity index (χ2n) is 5.25. The van der Waals surface area contributed by atoms with Crippen LogP contribution < -0.4 is 0 Å². The van der Waals surface area contributed by atoms with Gasteiger partial charge in [0.2, 0.25) is 0 Å². The summed E-state index contributed by atoms with van der Waals surface area (Å²) in [6.07, 6.45) is 6.88. The van der Waals surface area contributed by atoms with Crippen LogP contribution in [-0.4, -0.2) is 31.3 Å². The number of carbonyl (C=O) groups is 1. The molecule has 0 aliphatic carbocycles. The van der Waals surface area contributed by atoms with Gasteiger partial charge in [0, 0.05) is 12.5 Å². The first kappa shape index (κ1) is 18.9. The zero-order valence-corrected chi connectivity index (χ0v) is 13.5. The van der Waals surface area contributed by atoms with E-state index in [-0.39, 0.29) is 24.1 Å². The van der Waals surface area contributed by atoms with Crippen molar-refractivity contribution >= 4 is 24.3 Å². The van der Waals surface area contributed by atoms with Crippen molar-refractivity contribution < 1.29 is 4.79 Å². The van der Waals surface area contributed by atoms with Gasteiger partial charge in [-0.15, -0.1) is 12.4 Å². The molecule has 20 heavy (non-hydrogen) atoms. The molecule has 0 amide bonds. The van der Waals surface area contributed by atoms with Crippen molar-refractivity contribution in [2.24, 2.45) is 5.92 Å². The maximum atomic E-state index is 12.2. The lowest BCUT2D eigenvalue weighted by atomic mass is 9.96. The van der Waals surface area contributed by atoms with Crippen molar-refractivity contribution in [1.82, 2.24) is 4.90 Å². The number of nitrogens with zero attached hydrogens (tertiary/aromatic N) is 1. The fourth-order valence-corrected chi connectivity index (χ4v) is 2.09. The van der Waals surface area contributed by atoms with Crippen LogP contribution in [0.3, 0.4) is 0 Å². The van der Waals surface area contributed by atoms with Gasteiger partial charge in [-0.2, -0.15) is 0 Å². The molecule has 0 heterocycles. The van der Waals surface area contributed by atoms with Crippen LogP contribution in [0.2, 0.25) is 0 Å². The van der Waals surface area contributed by atoms with Crippen LogP contribution in [-0.2, 0) is 4.79 Å². The fourth-order valence-electron chi connectivity index (χ4n) is 2.09. The van der Waals surface area contributed by atoms with Crippen LogP contribution in [0.4, 0.5) is 0 Å². The van der Waals surface area contributed by atoms with E-state index in [2.05, 4.69) is 11.8 Å². The van der Waals surface area contributed by atoms with Crippen LogP contribution >= 0.6 is 12.4 Å². The summed E-state index contributed by atoms with van der Waals surface area (Å²) in [7, 11) is 4.04. The van der Waals surface area contributed by atoms with E-state index >= 15 is 0 Å². The van der Waals surface area contributed by atoms with E-state index in [1.165, 1.54) is 0 Å². The average Bonchev–Trinajstić information content (AvgIpc) is 2.41. The lowest BCUT2D eigenvalue weighted by molar-refractivity contribution is -0.118. The minimum absolute atomic E-state index is 0. The Morgan fingerprint density at radius 1 is 1.25 bits per heavy atom. The molecule has 0 bridgehead atoms. The number of carbonyl (C=O) groups excluding carboxylic acids is 1. The molecule has 2 nitrogen and oxygen atoms in total. The normalized spacial score (nSPS) is 12.4. The standard InChI is InChI=1S/C17H25NO.ClH/c1-4-5-11-16(14-18(2)3)17(19)13-12-15-9-7-6-8-10-15;/h6-10,12-13,16H,4-5,11,14H2,1-3H3;1H. The van der Waals surface area contributed by atoms with Gasteiger partial charge in [0.1, 0.15) is 0 Å². The number of hydrogen-bond donors (Lipinski definition) is 0. The highest BCUT2D eigenvalue weighted by Gasteiger charge is 2.16. The predicted octanol–water partition coefficient (Wildman–Crippen LogP) is 4.06. The Morgan fingerprint density at radius 3 is 2.45 bits per heavy atom. The van der Waals surface area contributed by atoms with E-state index in [0.29, 0.717) is 0 Å². The lowest BCUT2D eigenvalue weighted by Crippen LogP contribution is -2.27. The molecule has 1 rings (SSSR count). The third-order valence-corrected chi connectivity index (χ3v) is 3.13. The molecule has 0 radical (unpaired) electrons. The molecule has 112 valence electrons. The van der Waals surface area contributed by atoms with Crippen LogP contribution in [0.15, 0.2) is 36.4 Å². The summed E-state index contributed by atoms with van der Waals surface area (Å²) in [4.78, 5) is 14.3. The Labute approximate surface area is 129 Å². The summed E-state index contributed by atoms with van der Waals surface area (Å²) < 4.78 is 0. The minimum Gasteiger partial charge on any atom is -0.309 e. The maximum Gasteiger partial charge on any atom is 0.160 e. The number of hydrogen-bond acceptors (Lipinski definition) is 2. The summed E-state index contributed by atoms with van der Waals surface area (Å²) in [6.45, 7) is 3.00. The SMILES string of the molecule is CCCCC(CN(C)C)C(=O)C=Cc1ccccc1.Cl. The van der Waals surface area contributed by atoms with Gasteiger partial charge in [-0.1, -0.05) is 56.2 Å². The minimum atomic E-state index is 0. The monoisotopic (exact) mass is 295 g/mol. The number of rotatable bonds is 8. The molecule has 0 fully saturated rings. The summed E-state index contributed by atoms with van der Waals surface area (Å²) >= 11 is 0. The Balaban J connectivity index is 0.00000361. The van der Waals surface area contributed by atoms with E-state index in [0.717, 1.165) is 31.4 Å². The first-order valence-corrected chi connectivity index (χ1v) is 7.05. The zero-order valence-electron chi connectivity index (χ0n) is 12.7. The topological polar surface area (TPSA) is 20.3 Å². The van der Waals surface area contributed by atoms with Crippen molar-refractivity contribution in [2.45, 2.75) is 26.2 Å². The second kappa shape index (κ2) is 10.6. The highest BCUT2D eigenvalue weighted by molar-refractivity contribution is 5.95. The summed E-state index contributed by atoms with van der Waals surface area (Å²) in [6, 6.07) is 9.97. The first-order chi connectivity index (χ1) is 9.13. The Kier molecular flexibility index (Phi) is 10.0. The van der Waals surface area contributed by atoms with E-state index in [1.807, 2.05) is 50.5 Å². The molecule has 0 N–H and O–H groups in total. The first-order valence-electron chi connectivity index (χ1n) is 7.05. The average molecular weight is 296 g/mol. The Morgan fingerprint density at radius 2 is 1.90 bits per heavy atom. The van der Waals surface area contributed by atoms with Gasteiger partial charge in [-0.05, 0) is 32.2 Å². The van der Waals surface area contributed by atoms with Gasteiger partial charge >= 0.3 is 0 Å². The van der Waals surface area contributed by atoms with Crippen molar-refractivity contribution in [2.75, 3.05) is 20.6 Å². The van der Waals surface area contributed by atoms with E-state index in [4.69, 9.17) is 0 Å². The van der Waals surface area contributed by atoms with Crippen molar-refractivity contribution in [3.63, 3.8) is 0 Å². The quantitative estimate of drug-likeness (QED) is 0.674. The van der Waals surface area contributed by atoms with Crippen molar-refractivity contribution in [3.05, 3.63) is 42.0 Å². The van der Waals surface area contributed by atoms with Crippen LogP contribution in [0.5, 0.6) is 0 Å². The number of benzene rings is 1. The molecule has 0 aliphatic rings.